The van der Waals surface area contributed by atoms with Crippen molar-refractivity contribution in [2.75, 3.05) is 7.11 Å². The number of methoxy groups -OCH3 is 1. The van der Waals surface area contributed by atoms with Gasteiger partial charge in [-0.15, -0.1) is 17.9 Å². The third-order valence-corrected chi connectivity index (χ3v) is 4.37. The Morgan fingerprint density at radius 3 is 2.81 bits per heavy atom. The maximum absolute atomic E-state index is 12.3. The molecule has 1 aromatic carbocycles. The van der Waals surface area contributed by atoms with Crippen LogP contribution in [0.25, 0.3) is 20.7 Å². The van der Waals surface area contributed by atoms with Gasteiger partial charge in [-0.05, 0) is 35.9 Å². The van der Waals surface area contributed by atoms with E-state index in [1.54, 1.807) is 24.1 Å². The molecule has 21 heavy (non-hydrogen) atoms. The highest BCUT2D eigenvalue weighted by atomic mass is 32.1. The Morgan fingerprint density at radius 1 is 1.38 bits per heavy atom. The van der Waals surface area contributed by atoms with Crippen LogP contribution in [0.4, 0.5) is 0 Å². The third kappa shape index (κ3) is 2.48. The molecular weight excluding hydrogens is 284 g/mol. The van der Waals surface area contributed by atoms with Crippen molar-refractivity contribution in [3.8, 4) is 16.2 Å². The molecule has 4 nitrogen and oxygen atoms in total. The first-order valence-electron chi connectivity index (χ1n) is 6.47. The summed E-state index contributed by atoms with van der Waals surface area (Å²) in [5.74, 6) is 0.811. The number of hydrogen-bond donors (Lipinski definition) is 0. The summed E-state index contributed by atoms with van der Waals surface area (Å²) < 4.78 is 7.38. The van der Waals surface area contributed by atoms with Gasteiger partial charge in [0.2, 0.25) is 0 Å². The van der Waals surface area contributed by atoms with Crippen molar-refractivity contribution in [3.63, 3.8) is 0 Å². The molecule has 0 amide bonds. The molecule has 5 heteroatoms. The van der Waals surface area contributed by atoms with E-state index in [0.717, 1.165) is 21.7 Å². The highest BCUT2D eigenvalue weighted by Gasteiger charge is 2.10. The van der Waals surface area contributed by atoms with Crippen LogP contribution < -0.4 is 10.3 Å². The molecule has 0 atom stereocenters. The van der Waals surface area contributed by atoms with Crippen molar-refractivity contribution >= 4 is 21.6 Å². The lowest BCUT2D eigenvalue weighted by atomic mass is 10.2. The van der Waals surface area contributed by atoms with E-state index < -0.39 is 0 Å². The highest BCUT2D eigenvalue weighted by molar-refractivity contribution is 7.22. The molecule has 0 aliphatic rings. The number of rotatable bonds is 4. The molecule has 0 saturated heterocycles. The fourth-order valence-electron chi connectivity index (χ4n) is 2.11. The Bertz CT molecular complexity index is 847. The van der Waals surface area contributed by atoms with Gasteiger partial charge in [0, 0.05) is 11.4 Å². The minimum Gasteiger partial charge on any atom is -0.497 e. The van der Waals surface area contributed by atoms with Crippen LogP contribution in [0.15, 0.2) is 54.1 Å². The summed E-state index contributed by atoms with van der Waals surface area (Å²) in [5.41, 5.74) is 1.76. The molecule has 0 unspecified atom stereocenters. The molecule has 0 radical (unpaired) electrons. The molecule has 106 valence electrons. The van der Waals surface area contributed by atoms with Gasteiger partial charge in [-0.3, -0.25) is 9.36 Å². The zero-order valence-electron chi connectivity index (χ0n) is 11.6. The summed E-state index contributed by atoms with van der Waals surface area (Å²) in [6, 6.07) is 9.71. The maximum Gasteiger partial charge on any atom is 0.271 e. The largest absolute Gasteiger partial charge is 0.497 e. The van der Waals surface area contributed by atoms with Crippen molar-refractivity contribution in [1.29, 1.82) is 0 Å². The van der Waals surface area contributed by atoms with Gasteiger partial charge in [0.15, 0.2) is 0 Å². The maximum atomic E-state index is 12.3. The third-order valence-electron chi connectivity index (χ3n) is 3.20. The summed E-state index contributed by atoms with van der Waals surface area (Å²) >= 11 is 1.46. The van der Waals surface area contributed by atoms with Gasteiger partial charge in [0.1, 0.15) is 10.4 Å². The number of hydrogen-bond acceptors (Lipinski definition) is 4. The number of allylic oxidation sites excluding steroid dienone is 1. The Hall–Kier alpha value is -2.40. The zero-order chi connectivity index (χ0) is 14.8. The quantitative estimate of drug-likeness (QED) is 0.694. The lowest BCUT2D eigenvalue weighted by Gasteiger charge is -2.00. The summed E-state index contributed by atoms with van der Waals surface area (Å²) in [5, 5.41) is 0. The molecular formula is C16H14N2O2S. The number of benzene rings is 1. The van der Waals surface area contributed by atoms with Gasteiger partial charge in [-0.1, -0.05) is 6.08 Å². The van der Waals surface area contributed by atoms with Crippen LogP contribution in [-0.4, -0.2) is 16.7 Å². The highest BCUT2D eigenvalue weighted by Crippen LogP contribution is 2.31. The predicted octanol–water partition coefficient (Wildman–Crippen LogP) is 3.32. The topological polar surface area (TPSA) is 44.1 Å². The number of fused-ring (bicyclic) bond motifs is 1. The van der Waals surface area contributed by atoms with Crippen LogP contribution in [0.2, 0.25) is 0 Å². The Labute approximate surface area is 126 Å². The SMILES string of the molecule is C=CCn1cnc2cc(-c3ccc(OC)cc3)sc2c1=O. The molecule has 2 heterocycles. The van der Waals surface area contributed by atoms with Crippen LogP contribution in [0.3, 0.4) is 0 Å². The van der Waals surface area contributed by atoms with Crippen molar-refractivity contribution < 1.29 is 4.74 Å². The van der Waals surface area contributed by atoms with E-state index in [2.05, 4.69) is 11.6 Å². The summed E-state index contributed by atoms with van der Waals surface area (Å²) in [4.78, 5) is 17.7. The normalized spacial score (nSPS) is 10.7. The smallest absolute Gasteiger partial charge is 0.271 e. The van der Waals surface area contributed by atoms with Crippen LogP contribution in [0.1, 0.15) is 0 Å². The van der Waals surface area contributed by atoms with Crippen molar-refractivity contribution in [1.82, 2.24) is 9.55 Å². The van der Waals surface area contributed by atoms with Gasteiger partial charge >= 0.3 is 0 Å². The Kier molecular flexibility index (Phi) is 3.58. The Morgan fingerprint density at radius 2 is 2.14 bits per heavy atom. The second kappa shape index (κ2) is 5.54. The van der Waals surface area contributed by atoms with Crippen LogP contribution in [0.5, 0.6) is 5.75 Å². The number of nitrogens with zero attached hydrogens (tertiary/aromatic N) is 2. The molecule has 0 fully saturated rings. The fourth-order valence-corrected chi connectivity index (χ4v) is 3.18. The van der Waals surface area contributed by atoms with E-state index >= 15 is 0 Å². The molecule has 3 aromatic rings. The summed E-state index contributed by atoms with van der Waals surface area (Å²) in [7, 11) is 1.64. The molecule has 0 aliphatic carbocycles. The molecule has 0 spiro atoms. The van der Waals surface area contributed by atoms with Crippen LogP contribution >= 0.6 is 11.3 Å². The van der Waals surface area contributed by atoms with Gasteiger partial charge in [0.05, 0.1) is 19.0 Å². The first-order chi connectivity index (χ1) is 10.2. The molecule has 0 saturated carbocycles. The monoisotopic (exact) mass is 298 g/mol. The van der Waals surface area contributed by atoms with Crippen molar-refractivity contribution in [2.24, 2.45) is 0 Å². The minimum absolute atomic E-state index is 0.0235. The zero-order valence-corrected chi connectivity index (χ0v) is 12.4. The van der Waals surface area contributed by atoms with E-state index in [4.69, 9.17) is 4.74 Å². The molecule has 0 bridgehead atoms. The first-order valence-corrected chi connectivity index (χ1v) is 7.29. The average molecular weight is 298 g/mol. The van der Waals surface area contributed by atoms with Gasteiger partial charge < -0.3 is 4.74 Å². The second-order valence-electron chi connectivity index (χ2n) is 4.54. The minimum atomic E-state index is -0.0235. The molecule has 3 rings (SSSR count). The number of thiophene rings is 1. The van der Waals surface area contributed by atoms with E-state index in [1.807, 2.05) is 30.3 Å². The number of ether oxygens (including phenoxy) is 1. The van der Waals surface area contributed by atoms with Gasteiger partial charge in [-0.25, -0.2) is 4.98 Å². The van der Waals surface area contributed by atoms with Crippen molar-refractivity contribution in [2.45, 2.75) is 6.54 Å². The summed E-state index contributed by atoms with van der Waals surface area (Å²) in [6.45, 7) is 4.12. The fraction of sp³-hybridized carbons (Fsp3) is 0.125. The van der Waals surface area contributed by atoms with E-state index in [-0.39, 0.29) is 5.56 Å². The van der Waals surface area contributed by atoms with Crippen molar-refractivity contribution in [3.05, 3.63) is 59.7 Å². The molecule has 2 aromatic heterocycles. The standard InChI is InChI=1S/C16H14N2O2S/c1-3-8-18-10-17-13-9-14(21-15(13)16(18)19)11-4-6-12(20-2)7-5-11/h3-7,9-10H,1,8H2,2H3. The Balaban J connectivity index is 2.09. The number of aromatic nitrogens is 2. The average Bonchev–Trinajstić information content (AvgIpc) is 2.95. The molecule has 0 aliphatic heterocycles. The van der Waals surface area contributed by atoms with E-state index in [0.29, 0.717) is 11.2 Å². The molecule has 0 N–H and O–H groups in total. The second-order valence-corrected chi connectivity index (χ2v) is 5.60. The first kappa shape index (κ1) is 13.6. The van der Waals surface area contributed by atoms with Crippen LogP contribution in [0, 0.1) is 0 Å². The lowest BCUT2D eigenvalue weighted by molar-refractivity contribution is 0.415. The van der Waals surface area contributed by atoms with E-state index in [9.17, 15) is 4.79 Å². The summed E-state index contributed by atoms with van der Waals surface area (Å²) in [6.07, 6.45) is 3.25. The lowest BCUT2D eigenvalue weighted by Crippen LogP contribution is -2.18. The predicted molar refractivity (Wildman–Crippen MR) is 86.1 cm³/mol. The van der Waals surface area contributed by atoms with Gasteiger partial charge in [0.25, 0.3) is 5.56 Å². The van der Waals surface area contributed by atoms with Gasteiger partial charge in [-0.2, -0.15) is 0 Å². The van der Waals surface area contributed by atoms with Crippen LogP contribution in [-0.2, 0) is 6.54 Å². The van der Waals surface area contributed by atoms with E-state index in [1.165, 1.54) is 11.3 Å².